The Morgan fingerprint density at radius 1 is 0.426 bits per heavy atom. The molecule has 0 saturated heterocycles. The molecule has 10 nitrogen and oxygen atoms in total. The molecule has 0 aromatic carbocycles. The third-order valence-corrected chi connectivity index (χ3v) is 15.2. The normalized spacial score (nSPS) is 11.1. The standard InChI is InChI=1S/C27H50O10S10/c28-19-39-15-14-38-18-27(32)34-6-12-46-24-47-13-7-37-36-4-1-8-42-22-45-11-5-33-25(30)2-9-43-23-44-10-3-26(31)35-21-41-17-16-40-20-29/h28-29H,1-24H2. The first-order valence-corrected chi connectivity index (χ1v) is 26.3. The maximum absolute atomic E-state index is 11.9. The van der Waals surface area contributed by atoms with Crippen molar-refractivity contribution in [1.29, 1.82) is 0 Å². The van der Waals surface area contributed by atoms with Crippen LogP contribution in [0.25, 0.3) is 0 Å². The van der Waals surface area contributed by atoms with Gasteiger partial charge in [-0.3, -0.25) is 14.4 Å². The van der Waals surface area contributed by atoms with Gasteiger partial charge >= 0.3 is 17.9 Å². The largest absolute Gasteiger partial charge is 0.465 e. The molecule has 0 aliphatic carbocycles. The predicted molar refractivity (Wildman–Crippen MR) is 217 cm³/mol. The topological polar surface area (TPSA) is 138 Å². The van der Waals surface area contributed by atoms with Crippen LogP contribution in [0.5, 0.6) is 0 Å². The second-order valence-corrected chi connectivity index (χ2v) is 20.4. The highest BCUT2D eigenvalue weighted by atomic mass is 32.2. The maximum Gasteiger partial charge on any atom is 0.315 e. The van der Waals surface area contributed by atoms with Crippen molar-refractivity contribution in [2.45, 2.75) is 19.3 Å². The van der Waals surface area contributed by atoms with Crippen LogP contribution in [0.1, 0.15) is 19.3 Å². The third kappa shape index (κ3) is 42.1. The molecule has 47 heavy (non-hydrogen) atoms. The molecule has 20 heteroatoms. The number of hydrogen-bond acceptors (Lipinski definition) is 20. The Balaban J connectivity index is 3.24. The number of aliphatic hydroxyl groups excluding tert-OH is 2. The van der Waals surface area contributed by atoms with Crippen LogP contribution >= 0.6 is 118 Å². The smallest absolute Gasteiger partial charge is 0.315 e. The average Bonchev–Trinajstić information content (AvgIpc) is 3.06. The number of aliphatic hydroxyl groups is 2. The quantitative estimate of drug-likeness (QED) is 0.0193. The van der Waals surface area contributed by atoms with Gasteiger partial charge in [0.25, 0.3) is 0 Å². The van der Waals surface area contributed by atoms with Gasteiger partial charge in [-0.25, -0.2) is 9.78 Å². The van der Waals surface area contributed by atoms with Gasteiger partial charge in [0.05, 0.1) is 43.7 Å². The second kappa shape index (κ2) is 42.2. The zero-order valence-corrected chi connectivity index (χ0v) is 34.9. The van der Waals surface area contributed by atoms with E-state index in [2.05, 4.69) is 0 Å². The zero-order chi connectivity index (χ0) is 34.3. The van der Waals surface area contributed by atoms with Crippen molar-refractivity contribution in [3.05, 3.63) is 0 Å². The lowest BCUT2D eigenvalue weighted by molar-refractivity contribution is -0.289. The Labute approximate surface area is 323 Å². The summed E-state index contributed by atoms with van der Waals surface area (Å²) in [6.07, 6.45) is 1.69. The minimum Gasteiger partial charge on any atom is -0.465 e. The number of thioether (sulfide) groups is 10. The first kappa shape index (κ1) is 48.8. The van der Waals surface area contributed by atoms with Gasteiger partial charge in [0.2, 0.25) is 0 Å². The molecule has 0 aromatic rings. The summed E-state index contributed by atoms with van der Waals surface area (Å²) in [5.41, 5.74) is 0. The van der Waals surface area contributed by atoms with E-state index in [1.165, 1.54) is 35.3 Å². The Bertz CT molecular complexity index is 719. The molecule has 0 heterocycles. The van der Waals surface area contributed by atoms with E-state index in [9.17, 15) is 14.4 Å². The van der Waals surface area contributed by atoms with E-state index in [-0.39, 0.29) is 29.8 Å². The van der Waals surface area contributed by atoms with Crippen LogP contribution < -0.4 is 0 Å². The van der Waals surface area contributed by atoms with Crippen molar-refractivity contribution in [2.24, 2.45) is 0 Å². The fourth-order valence-corrected chi connectivity index (χ4v) is 11.2. The summed E-state index contributed by atoms with van der Waals surface area (Å²) in [7, 11) is 0. The average molecular weight is 855 g/mol. The van der Waals surface area contributed by atoms with Crippen molar-refractivity contribution >= 4 is 136 Å². The summed E-state index contributed by atoms with van der Waals surface area (Å²) < 4.78 is 15.6. The highest BCUT2D eigenvalue weighted by molar-refractivity contribution is 8.16. The molecule has 0 aliphatic heterocycles. The van der Waals surface area contributed by atoms with Crippen LogP contribution in [0.4, 0.5) is 0 Å². The van der Waals surface area contributed by atoms with E-state index in [4.69, 9.17) is 34.2 Å². The molecular formula is C27H50O10S10. The van der Waals surface area contributed by atoms with Gasteiger partial charge in [-0.15, -0.1) is 82.3 Å². The van der Waals surface area contributed by atoms with E-state index >= 15 is 0 Å². The van der Waals surface area contributed by atoms with Crippen molar-refractivity contribution in [3.8, 4) is 0 Å². The van der Waals surface area contributed by atoms with E-state index in [0.29, 0.717) is 62.5 Å². The molecule has 0 spiro atoms. The summed E-state index contributed by atoms with van der Waals surface area (Å²) in [6.45, 7) is 1.96. The van der Waals surface area contributed by atoms with Crippen LogP contribution in [-0.4, -0.2) is 151 Å². The van der Waals surface area contributed by atoms with E-state index in [0.717, 1.165) is 67.7 Å². The highest BCUT2D eigenvalue weighted by Gasteiger charge is 2.06. The third-order valence-electron chi connectivity index (χ3n) is 4.74. The number of ether oxygens (including phenoxy) is 3. The lowest BCUT2D eigenvalue weighted by Crippen LogP contribution is -2.10. The van der Waals surface area contributed by atoms with Gasteiger partial charge in [-0.05, 0) is 12.2 Å². The first-order chi connectivity index (χ1) is 23.1. The van der Waals surface area contributed by atoms with Crippen molar-refractivity contribution in [1.82, 2.24) is 0 Å². The molecule has 0 amide bonds. The Morgan fingerprint density at radius 3 is 1.51 bits per heavy atom. The molecule has 0 aliphatic rings. The number of carbonyl (C=O) groups excluding carboxylic acids is 3. The molecule has 0 rings (SSSR count). The van der Waals surface area contributed by atoms with Crippen LogP contribution in [-0.2, 0) is 38.4 Å². The number of hydrogen-bond donors (Lipinski definition) is 2. The molecule has 0 unspecified atom stereocenters. The summed E-state index contributed by atoms with van der Waals surface area (Å²) in [6, 6.07) is 0. The summed E-state index contributed by atoms with van der Waals surface area (Å²) >= 11 is 16.4. The molecule has 0 radical (unpaired) electrons. The van der Waals surface area contributed by atoms with Gasteiger partial charge < -0.3 is 24.4 Å². The summed E-state index contributed by atoms with van der Waals surface area (Å²) in [5.74, 6) is 8.56. The molecule has 2 N–H and O–H groups in total. The predicted octanol–water partition coefficient (Wildman–Crippen LogP) is 5.80. The van der Waals surface area contributed by atoms with Crippen molar-refractivity contribution < 1.29 is 48.6 Å². The molecule has 0 bridgehead atoms. The second-order valence-electron chi connectivity index (χ2n) is 8.41. The molecule has 0 aromatic heterocycles. The minimum atomic E-state index is -0.190. The van der Waals surface area contributed by atoms with Gasteiger partial charge in [-0.2, -0.15) is 35.3 Å². The number of rotatable bonds is 38. The van der Waals surface area contributed by atoms with Crippen molar-refractivity contribution in [3.63, 3.8) is 0 Å². The summed E-state index contributed by atoms with van der Waals surface area (Å²) in [4.78, 5) is 45.6. The number of carbonyl (C=O) groups is 3. The molecule has 0 atom stereocenters. The monoisotopic (exact) mass is 854 g/mol. The van der Waals surface area contributed by atoms with Gasteiger partial charge in [0.1, 0.15) is 19.2 Å². The Kier molecular flexibility index (Phi) is 43.7. The lowest BCUT2D eigenvalue weighted by atomic mass is 10.5. The molecule has 278 valence electrons. The van der Waals surface area contributed by atoms with Crippen LogP contribution in [0.15, 0.2) is 0 Å². The highest BCUT2D eigenvalue weighted by Crippen LogP contribution is 2.16. The molecular weight excluding hydrogens is 805 g/mol. The first-order valence-electron chi connectivity index (χ1n) is 14.8. The SMILES string of the molecule is O=C(CCSCSCCC(=O)OCSCCSCO)OCCSCSCCCOOCCSCSCCOC(=O)CSCCSCO. The van der Waals surface area contributed by atoms with E-state index < -0.39 is 0 Å². The van der Waals surface area contributed by atoms with Crippen LogP contribution in [0.2, 0.25) is 0 Å². The Hall–Kier alpha value is 1.75. The van der Waals surface area contributed by atoms with Gasteiger partial charge in [-0.1, -0.05) is 0 Å². The lowest BCUT2D eigenvalue weighted by Gasteiger charge is -2.06. The maximum atomic E-state index is 11.9. The zero-order valence-electron chi connectivity index (χ0n) is 26.7. The minimum absolute atomic E-state index is 0.117. The van der Waals surface area contributed by atoms with Gasteiger partial charge in [0, 0.05) is 67.0 Å². The number of esters is 3. The van der Waals surface area contributed by atoms with Crippen LogP contribution in [0.3, 0.4) is 0 Å². The summed E-state index contributed by atoms with van der Waals surface area (Å²) in [5, 5.41) is 20.1. The van der Waals surface area contributed by atoms with E-state index in [1.807, 2.05) is 11.8 Å². The molecule has 0 saturated carbocycles. The van der Waals surface area contributed by atoms with Crippen molar-refractivity contribution in [2.75, 3.05) is 123 Å². The van der Waals surface area contributed by atoms with Gasteiger partial charge in [0.15, 0.2) is 0 Å². The fourth-order valence-electron chi connectivity index (χ4n) is 2.57. The van der Waals surface area contributed by atoms with Crippen LogP contribution in [0, 0.1) is 0 Å². The Morgan fingerprint density at radius 2 is 0.894 bits per heavy atom. The fraction of sp³-hybridized carbons (Fsp3) is 0.889. The van der Waals surface area contributed by atoms with E-state index in [1.54, 1.807) is 70.6 Å². The molecule has 0 fully saturated rings.